The van der Waals surface area contributed by atoms with Crippen molar-refractivity contribution < 1.29 is 8.94 Å². The van der Waals surface area contributed by atoms with E-state index in [1.807, 2.05) is 60.4 Å². The first kappa shape index (κ1) is 21.7. The van der Waals surface area contributed by atoms with Crippen molar-refractivity contribution in [3.8, 4) is 11.4 Å². The minimum atomic E-state index is -0.317. The number of furan rings is 1. The summed E-state index contributed by atoms with van der Waals surface area (Å²) in [6.07, 6.45) is 1.64. The molecule has 0 saturated carbocycles. The van der Waals surface area contributed by atoms with Crippen molar-refractivity contribution in [3.63, 3.8) is 0 Å². The third-order valence-corrected chi connectivity index (χ3v) is 6.26. The van der Waals surface area contributed by atoms with Crippen LogP contribution in [-0.2, 0) is 6.54 Å². The molecule has 3 heterocycles. The highest BCUT2D eigenvalue weighted by molar-refractivity contribution is 7.80. The average molecular weight is 497 g/mol. The minimum absolute atomic E-state index is 0.317. The molecule has 1 N–H and O–H groups in total. The molecule has 0 saturated heterocycles. The second-order valence-electron chi connectivity index (χ2n) is 7.53. The van der Waals surface area contributed by atoms with Crippen molar-refractivity contribution in [2.24, 2.45) is 0 Å². The molecule has 166 valence electrons. The van der Waals surface area contributed by atoms with Crippen LogP contribution in [0, 0.1) is 0 Å². The Labute approximate surface area is 205 Å². The van der Waals surface area contributed by atoms with Crippen LogP contribution in [0.2, 0.25) is 10.0 Å². The summed E-state index contributed by atoms with van der Waals surface area (Å²) in [7, 11) is 0. The summed E-state index contributed by atoms with van der Waals surface area (Å²) in [6, 6.07) is 18.3. The SMILES string of the molecule is CC1=C(c2nc(-c3ccc(Cl)cc3)no2)C(c2cccc(Cl)c2)NC(=S)N1Cc1ccco1. The Morgan fingerprint density at radius 2 is 1.88 bits per heavy atom. The highest BCUT2D eigenvalue weighted by Crippen LogP contribution is 2.38. The summed E-state index contributed by atoms with van der Waals surface area (Å²) < 4.78 is 11.3. The fourth-order valence-electron chi connectivity index (χ4n) is 3.79. The zero-order chi connectivity index (χ0) is 22.9. The molecule has 0 spiro atoms. The molecule has 1 unspecified atom stereocenters. The number of nitrogens with zero attached hydrogens (tertiary/aromatic N) is 3. The van der Waals surface area contributed by atoms with E-state index in [9.17, 15) is 0 Å². The Balaban J connectivity index is 1.60. The monoisotopic (exact) mass is 496 g/mol. The quantitative estimate of drug-likeness (QED) is 0.316. The normalized spacial score (nSPS) is 16.3. The molecule has 2 aromatic heterocycles. The van der Waals surface area contributed by atoms with E-state index in [-0.39, 0.29) is 6.04 Å². The van der Waals surface area contributed by atoms with Crippen molar-refractivity contribution in [3.05, 3.63) is 99.9 Å². The molecule has 0 bridgehead atoms. The first-order chi connectivity index (χ1) is 16.0. The lowest BCUT2D eigenvalue weighted by Crippen LogP contribution is -2.45. The summed E-state index contributed by atoms with van der Waals surface area (Å²) in [5, 5.41) is 9.45. The van der Waals surface area contributed by atoms with Crippen LogP contribution in [-0.4, -0.2) is 20.2 Å². The molecule has 5 rings (SSSR count). The third-order valence-electron chi connectivity index (χ3n) is 5.43. The van der Waals surface area contributed by atoms with Crippen LogP contribution in [0.1, 0.15) is 30.2 Å². The second kappa shape index (κ2) is 9.02. The summed E-state index contributed by atoms with van der Waals surface area (Å²) >= 11 is 18.0. The Hall–Kier alpha value is -3.13. The van der Waals surface area contributed by atoms with Gasteiger partial charge in [-0.05, 0) is 73.2 Å². The van der Waals surface area contributed by atoms with Gasteiger partial charge in [0.2, 0.25) is 5.82 Å². The van der Waals surface area contributed by atoms with E-state index in [2.05, 4.69) is 10.5 Å². The van der Waals surface area contributed by atoms with Gasteiger partial charge >= 0.3 is 0 Å². The van der Waals surface area contributed by atoms with E-state index in [0.29, 0.717) is 33.4 Å². The number of nitrogens with one attached hydrogen (secondary N) is 1. The summed E-state index contributed by atoms with van der Waals surface area (Å²) in [5.74, 6) is 1.64. The van der Waals surface area contributed by atoms with Crippen LogP contribution in [0.25, 0.3) is 17.0 Å². The van der Waals surface area contributed by atoms with Crippen LogP contribution in [0.3, 0.4) is 0 Å². The number of hydrogen-bond acceptors (Lipinski definition) is 5. The van der Waals surface area contributed by atoms with Gasteiger partial charge in [-0.1, -0.05) is 40.5 Å². The van der Waals surface area contributed by atoms with Crippen LogP contribution in [0.5, 0.6) is 0 Å². The maximum absolute atomic E-state index is 6.29. The number of hydrogen-bond donors (Lipinski definition) is 1. The molecule has 9 heteroatoms. The van der Waals surface area contributed by atoms with Gasteiger partial charge in [-0.3, -0.25) is 0 Å². The average Bonchev–Trinajstić information content (AvgIpc) is 3.49. The Bertz CT molecular complexity index is 1330. The van der Waals surface area contributed by atoms with Crippen molar-refractivity contribution in [1.82, 2.24) is 20.4 Å². The summed E-state index contributed by atoms with van der Waals surface area (Å²) in [6.45, 7) is 2.45. The molecular formula is C24H18Cl2N4O2S. The Morgan fingerprint density at radius 1 is 1.06 bits per heavy atom. The summed E-state index contributed by atoms with van der Waals surface area (Å²) in [4.78, 5) is 6.65. The van der Waals surface area contributed by atoms with E-state index in [1.165, 1.54) is 0 Å². The number of allylic oxidation sites excluding steroid dienone is 1. The predicted molar refractivity (Wildman–Crippen MR) is 132 cm³/mol. The van der Waals surface area contributed by atoms with Gasteiger partial charge in [0.1, 0.15) is 5.76 Å². The topological polar surface area (TPSA) is 67.3 Å². The van der Waals surface area contributed by atoms with Gasteiger partial charge in [-0.25, -0.2) is 0 Å². The van der Waals surface area contributed by atoms with Crippen LogP contribution in [0.4, 0.5) is 0 Å². The van der Waals surface area contributed by atoms with E-state index >= 15 is 0 Å². The minimum Gasteiger partial charge on any atom is -0.467 e. The summed E-state index contributed by atoms with van der Waals surface area (Å²) in [5.41, 5.74) is 3.43. The highest BCUT2D eigenvalue weighted by atomic mass is 35.5. The van der Waals surface area contributed by atoms with Gasteiger partial charge in [0.25, 0.3) is 5.89 Å². The molecule has 0 amide bonds. The van der Waals surface area contributed by atoms with E-state index in [4.69, 9.17) is 49.3 Å². The highest BCUT2D eigenvalue weighted by Gasteiger charge is 2.34. The van der Waals surface area contributed by atoms with Crippen molar-refractivity contribution >= 4 is 46.1 Å². The number of thiocarbonyl (C=S) groups is 1. The molecule has 1 aliphatic rings. The van der Waals surface area contributed by atoms with Crippen molar-refractivity contribution in [1.29, 1.82) is 0 Å². The Morgan fingerprint density at radius 3 is 2.61 bits per heavy atom. The molecule has 0 fully saturated rings. The van der Waals surface area contributed by atoms with Gasteiger partial charge in [-0.2, -0.15) is 4.98 Å². The fraction of sp³-hybridized carbons (Fsp3) is 0.125. The van der Waals surface area contributed by atoms with E-state index in [1.54, 1.807) is 18.4 Å². The van der Waals surface area contributed by atoms with Gasteiger partial charge < -0.3 is 19.2 Å². The third kappa shape index (κ3) is 4.39. The lowest BCUT2D eigenvalue weighted by Gasteiger charge is -2.37. The number of halogens is 2. The molecule has 33 heavy (non-hydrogen) atoms. The van der Waals surface area contributed by atoms with Crippen LogP contribution >= 0.6 is 35.4 Å². The predicted octanol–water partition coefficient (Wildman–Crippen LogP) is 6.50. The zero-order valence-corrected chi connectivity index (χ0v) is 19.8. The van der Waals surface area contributed by atoms with Gasteiger partial charge in [0.15, 0.2) is 5.11 Å². The smallest absolute Gasteiger partial charge is 0.258 e. The lowest BCUT2D eigenvalue weighted by molar-refractivity contribution is 0.382. The zero-order valence-electron chi connectivity index (χ0n) is 17.5. The number of rotatable bonds is 5. The van der Waals surface area contributed by atoms with E-state index < -0.39 is 0 Å². The number of aromatic nitrogens is 2. The Kier molecular flexibility index (Phi) is 5.93. The van der Waals surface area contributed by atoms with Crippen molar-refractivity contribution in [2.45, 2.75) is 19.5 Å². The fourth-order valence-corrected chi connectivity index (χ4v) is 4.44. The molecule has 4 aromatic rings. The van der Waals surface area contributed by atoms with Crippen LogP contribution in [0.15, 0.2) is 81.6 Å². The first-order valence-electron chi connectivity index (χ1n) is 10.2. The molecule has 2 aromatic carbocycles. The lowest BCUT2D eigenvalue weighted by atomic mass is 9.95. The molecule has 6 nitrogen and oxygen atoms in total. The standard InChI is InChI=1S/C24H18Cl2N4O2S/c1-14-20(23-28-22(29-32-23)15-7-9-17(25)10-8-15)21(16-4-2-5-18(26)12-16)27-24(33)30(14)13-19-6-3-11-31-19/h2-12,21H,13H2,1H3,(H,27,33). The van der Waals surface area contributed by atoms with Gasteiger partial charge in [0.05, 0.1) is 24.4 Å². The maximum Gasteiger partial charge on any atom is 0.258 e. The molecule has 0 aliphatic carbocycles. The van der Waals surface area contributed by atoms with Gasteiger partial charge in [0, 0.05) is 21.3 Å². The molecular weight excluding hydrogens is 479 g/mol. The van der Waals surface area contributed by atoms with Gasteiger partial charge in [-0.15, -0.1) is 0 Å². The molecule has 1 atom stereocenters. The first-order valence-corrected chi connectivity index (χ1v) is 11.3. The van der Waals surface area contributed by atoms with Crippen LogP contribution < -0.4 is 5.32 Å². The number of benzene rings is 2. The van der Waals surface area contributed by atoms with E-state index in [0.717, 1.165) is 28.2 Å². The molecule has 0 radical (unpaired) electrons. The maximum atomic E-state index is 6.29. The second-order valence-corrected chi connectivity index (χ2v) is 8.79. The molecule has 1 aliphatic heterocycles. The van der Waals surface area contributed by atoms with Crippen molar-refractivity contribution in [2.75, 3.05) is 0 Å². The largest absolute Gasteiger partial charge is 0.467 e.